The molecule has 0 fully saturated rings. The van der Waals surface area contributed by atoms with E-state index in [1.165, 1.54) is 13.8 Å². The molecule has 1 aromatic heterocycles. The summed E-state index contributed by atoms with van der Waals surface area (Å²) in [5.41, 5.74) is 0.934. The summed E-state index contributed by atoms with van der Waals surface area (Å²) in [4.78, 5) is 35.0. The van der Waals surface area contributed by atoms with Crippen LogP contribution in [0, 0.1) is 6.92 Å². The van der Waals surface area contributed by atoms with Crippen molar-refractivity contribution in [3.63, 3.8) is 0 Å². The van der Waals surface area contributed by atoms with Gasteiger partial charge in [-0.3, -0.25) is 14.4 Å². The fraction of sp³-hybridized carbons (Fsp3) is 0.267. The predicted molar refractivity (Wildman–Crippen MR) is 95.9 cm³/mol. The maximum Gasteiger partial charge on any atom is 0.294 e. The maximum absolute atomic E-state index is 12.3. The van der Waals surface area contributed by atoms with E-state index in [0.717, 1.165) is 16.4 Å². The summed E-state index contributed by atoms with van der Waals surface area (Å²) in [6.45, 7) is 4.59. The van der Waals surface area contributed by atoms with Gasteiger partial charge in [0.1, 0.15) is 5.69 Å². The minimum absolute atomic E-state index is 0.152. The van der Waals surface area contributed by atoms with Crippen molar-refractivity contribution in [1.82, 2.24) is 14.9 Å². The molecule has 1 heterocycles. The molecule has 2 rings (SSSR count). The summed E-state index contributed by atoms with van der Waals surface area (Å²) in [7, 11) is 0. The number of benzene rings is 1. The minimum atomic E-state index is -0.554. The van der Waals surface area contributed by atoms with Crippen LogP contribution in [0.4, 0.5) is 11.4 Å². The van der Waals surface area contributed by atoms with Gasteiger partial charge < -0.3 is 16.5 Å². The molecule has 0 aliphatic rings. The van der Waals surface area contributed by atoms with Crippen LogP contribution in [0.2, 0.25) is 0 Å². The van der Waals surface area contributed by atoms with E-state index in [9.17, 15) is 14.4 Å². The molecule has 132 valence electrons. The van der Waals surface area contributed by atoms with Gasteiger partial charge in [-0.25, -0.2) is 0 Å². The van der Waals surface area contributed by atoms with E-state index in [1.807, 2.05) is 0 Å². The van der Waals surface area contributed by atoms with Crippen molar-refractivity contribution in [2.24, 2.45) is 0 Å². The number of thioether (sulfide) groups is 1. The molecule has 10 heteroatoms. The average molecular weight is 362 g/mol. The zero-order chi connectivity index (χ0) is 18.6. The van der Waals surface area contributed by atoms with Crippen molar-refractivity contribution >= 4 is 35.0 Å². The van der Waals surface area contributed by atoms with Crippen molar-refractivity contribution in [3.8, 4) is 0 Å². The third-order valence-corrected chi connectivity index (χ3v) is 4.20. The predicted octanol–water partition coefficient (Wildman–Crippen LogP) is 0.738. The first kappa shape index (κ1) is 18.5. The highest BCUT2D eigenvalue weighted by Gasteiger charge is 2.18. The van der Waals surface area contributed by atoms with Crippen LogP contribution in [-0.4, -0.2) is 31.9 Å². The van der Waals surface area contributed by atoms with E-state index in [2.05, 4.69) is 20.8 Å². The Morgan fingerprint density at radius 2 is 1.72 bits per heavy atom. The lowest BCUT2D eigenvalue weighted by atomic mass is 10.2. The summed E-state index contributed by atoms with van der Waals surface area (Å²) in [5, 5.41) is 12.5. The van der Waals surface area contributed by atoms with E-state index >= 15 is 0 Å². The standard InChI is InChI=1S/C15H18N6O3S/c1-8-14(24)21(16)15(20-19-8)25-9(2)13(23)18-12-6-4-11(5-7-12)17-10(3)22/h4-7,9H,16H2,1-3H3,(H,17,22)(H,18,23)/t9-/m1/s1. The molecule has 1 atom stereocenters. The number of amides is 2. The molecule has 2 amide bonds. The smallest absolute Gasteiger partial charge is 0.294 e. The number of rotatable bonds is 5. The second kappa shape index (κ2) is 7.79. The zero-order valence-corrected chi connectivity index (χ0v) is 14.8. The van der Waals surface area contributed by atoms with Crippen LogP contribution in [-0.2, 0) is 9.59 Å². The van der Waals surface area contributed by atoms with Crippen LogP contribution in [0.3, 0.4) is 0 Å². The lowest BCUT2D eigenvalue weighted by Crippen LogP contribution is -2.33. The summed E-state index contributed by atoms with van der Waals surface area (Å²) in [6, 6.07) is 6.70. The first-order valence-corrected chi connectivity index (χ1v) is 8.22. The third-order valence-electron chi connectivity index (χ3n) is 3.14. The molecule has 25 heavy (non-hydrogen) atoms. The highest BCUT2D eigenvalue weighted by Crippen LogP contribution is 2.21. The molecule has 0 aliphatic heterocycles. The number of hydrogen-bond donors (Lipinski definition) is 3. The van der Waals surface area contributed by atoms with E-state index in [-0.39, 0.29) is 22.7 Å². The van der Waals surface area contributed by atoms with Gasteiger partial charge >= 0.3 is 0 Å². The van der Waals surface area contributed by atoms with Gasteiger partial charge in [-0.15, -0.1) is 10.2 Å². The summed E-state index contributed by atoms with van der Waals surface area (Å²) in [6.07, 6.45) is 0. The number of nitrogen functional groups attached to an aromatic ring is 1. The molecule has 0 aliphatic carbocycles. The molecular weight excluding hydrogens is 344 g/mol. The van der Waals surface area contributed by atoms with Crippen LogP contribution in [0.1, 0.15) is 19.5 Å². The topological polar surface area (TPSA) is 132 Å². The number of aryl methyl sites for hydroxylation is 1. The molecule has 0 saturated carbocycles. The average Bonchev–Trinajstić information content (AvgIpc) is 2.56. The fourth-order valence-electron chi connectivity index (χ4n) is 1.85. The molecule has 0 bridgehead atoms. The van der Waals surface area contributed by atoms with Crippen LogP contribution in [0.25, 0.3) is 0 Å². The Morgan fingerprint density at radius 3 is 2.28 bits per heavy atom. The van der Waals surface area contributed by atoms with Crippen LogP contribution in [0.15, 0.2) is 34.2 Å². The van der Waals surface area contributed by atoms with Gasteiger partial charge in [-0.1, -0.05) is 11.8 Å². The molecular formula is C15H18N6O3S. The maximum atomic E-state index is 12.3. The molecule has 1 aromatic carbocycles. The highest BCUT2D eigenvalue weighted by atomic mass is 32.2. The molecule has 0 unspecified atom stereocenters. The molecule has 0 spiro atoms. The Morgan fingerprint density at radius 1 is 1.16 bits per heavy atom. The van der Waals surface area contributed by atoms with Crippen LogP contribution < -0.4 is 22.0 Å². The van der Waals surface area contributed by atoms with Gasteiger partial charge in [0, 0.05) is 18.3 Å². The number of aromatic nitrogens is 3. The van der Waals surface area contributed by atoms with E-state index in [0.29, 0.717) is 11.4 Å². The molecule has 2 aromatic rings. The second-order valence-electron chi connectivity index (χ2n) is 5.25. The van der Waals surface area contributed by atoms with Crippen molar-refractivity contribution in [1.29, 1.82) is 0 Å². The van der Waals surface area contributed by atoms with Gasteiger partial charge in [0.2, 0.25) is 17.0 Å². The Balaban J connectivity index is 2.02. The van der Waals surface area contributed by atoms with Gasteiger partial charge in [0.15, 0.2) is 0 Å². The first-order valence-electron chi connectivity index (χ1n) is 7.34. The van der Waals surface area contributed by atoms with E-state index in [1.54, 1.807) is 31.2 Å². The van der Waals surface area contributed by atoms with Crippen molar-refractivity contribution in [2.45, 2.75) is 31.2 Å². The quantitative estimate of drug-likeness (QED) is 0.528. The summed E-state index contributed by atoms with van der Waals surface area (Å²) >= 11 is 1.03. The Labute approximate surface area is 148 Å². The van der Waals surface area contributed by atoms with Crippen LogP contribution >= 0.6 is 11.8 Å². The van der Waals surface area contributed by atoms with E-state index in [4.69, 9.17) is 5.84 Å². The zero-order valence-electron chi connectivity index (χ0n) is 13.9. The van der Waals surface area contributed by atoms with E-state index < -0.39 is 10.8 Å². The number of hydrogen-bond acceptors (Lipinski definition) is 7. The Hall–Kier alpha value is -2.88. The fourth-order valence-corrected chi connectivity index (χ4v) is 2.61. The summed E-state index contributed by atoms with van der Waals surface area (Å²) < 4.78 is 0.874. The Bertz CT molecular complexity index is 849. The van der Waals surface area contributed by atoms with Gasteiger partial charge in [0.05, 0.1) is 5.25 Å². The summed E-state index contributed by atoms with van der Waals surface area (Å²) in [5.74, 6) is 5.20. The number of anilines is 2. The van der Waals surface area contributed by atoms with Gasteiger partial charge in [-0.2, -0.15) is 4.68 Å². The minimum Gasteiger partial charge on any atom is -0.334 e. The van der Waals surface area contributed by atoms with Crippen LogP contribution in [0.5, 0.6) is 0 Å². The molecule has 0 saturated heterocycles. The number of carbonyl (C=O) groups excluding carboxylic acids is 2. The Kier molecular flexibility index (Phi) is 5.75. The second-order valence-corrected chi connectivity index (χ2v) is 6.56. The third kappa shape index (κ3) is 4.80. The highest BCUT2D eigenvalue weighted by molar-refractivity contribution is 8.00. The first-order chi connectivity index (χ1) is 11.8. The number of nitrogens with one attached hydrogen (secondary N) is 2. The molecule has 0 radical (unpaired) electrons. The molecule has 9 nitrogen and oxygen atoms in total. The van der Waals surface area contributed by atoms with Crippen molar-refractivity contribution in [2.75, 3.05) is 16.5 Å². The lowest BCUT2D eigenvalue weighted by Gasteiger charge is -2.13. The normalized spacial score (nSPS) is 11.6. The van der Waals surface area contributed by atoms with Crippen molar-refractivity contribution in [3.05, 3.63) is 40.3 Å². The van der Waals surface area contributed by atoms with Gasteiger partial charge in [0.25, 0.3) is 5.56 Å². The number of nitrogens with two attached hydrogens (primary N) is 1. The molecule has 4 N–H and O–H groups in total. The SMILES string of the molecule is CC(=O)Nc1ccc(NC(=O)[C@@H](C)Sc2nnc(C)c(=O)n2N)cc1. The lowest BCUT2D eigenvalue weighted by molar-refractivity contribution is -0.115. The van der Waals surface area contributed by atoms with Crippen molar-refractivity contribution < 1.29 is 9.59 Å². The monoisotopic (exact) mass is 362 g/mol. The van der Waals surface area contributed by atoms with Gasteiger partial charge in [-0.05, 0) is 38.1 Å². The number of carbonyl (C=O) groups is 2. The largest absolute Gasteiger partial charge is 0.334 e. The number of nitrogens with zero attached hydrogens (tertiary/aromatic N) is 3.